The van der Waals surface area contributed by atoms with Gasteiger partial charge in [-0.15, -0.1) is 0 Å². The number of nitrogens with zero attached hydrogens (tertiary/aromatic N) is 4. The number of anilines is 1. The molecule has 0 unspecified atom stereocenters. The van der Waals surface area contributed by atoms with Gasteiger partial charge < -0.3 is 19.4 Å². The van der Waals surface area contributed by atoms with E-state index in [2.05, 4.69) is 19.9 Å². The number of likely N-dealkylation sites (tertiary alicyclic amines) is 1. The Morgan fingerprint density at radius 2 is 1.83 bits per heavy atom. The Bertz CT molecular complexity index is 654. The van der Waals surface area contributed by atoms with Gasteiger partial charge >= 0.3 is 0 Å². The van der Waals surface area contributed by atoms with Gasteiger partial charge in [0.1, 0.15) is 0 Å². The molecule has 2 aliphatic heterocycles. The number of aliphatic hydroxyl groups excluding tert-OH is 1. The standard InChI is InChI=1S/C18H24N4O2/c23-13-16-12-22(11-15(16)10-21-8-4-5-9-21)18-19-17(24-20-18)14-6-2-1-3-7-14/h1-3,6-7,15-16,23H,4-5,8-13H2/t15-,16-/m1/s1. The quantitative estimate of drug-likeness (QED) is 0.904. The number of rotatable bonds is 5. The molecule has 0 amide bonds. The van der Waals surface area contributed by atoms with Crippen molar-refractivity contribution in [1.29, 1.82) is 0 Å². The van der Waals surface area contributed by atoms with Gasteiger partial charge in [0.15, 0.2) is 0 Å². The molecule has 1 aromatic carbocycles. The first-order valence-corrected chi connectivity index (χ1v) is 8.81. The van der Waals surface area contributed by atoms with Crippen molar-refractivity contribution >= 4 is 5.95 Å². The van der Waals surface area contributed by atoms with Crippen LogP contribution < -0.4 is 4.90 Å². The molecule has 4 rings (SSSR count). The zero-order chi connectivity index (χ0) is 16.4. The molecule has 0 saturated carbocycles. The fourth-order valence-corrected chi connectivity index (χ4v) is 3.85. The van der Waals surface area contributed by atoms with Crippen molar-refractivity contribution in [2.24, 2.45) is 11.8 Å². The number of aromatic nitrogens is 2. The van der Waals surface area contributed by atoms with Gasteiger partial charge in [-0.25, -0.2) is 0 Å². The minimum Gasteiger partial charge on any atom is -0.396 e. The van der Waals surface area contributed by atoms with Gasteiger partial charge in [0.05, 0.1) is 0 Å². The Balaban J connectivity index is 1.45. The fraction of sp³-hybridized carbons (Fsp3) is 0.556. The van der Waals surface area contributed by atoms with Gasteiger partial charge in [0.25, 0.3) is 11.8 Å². The number of hydrogen-bond donors (Lipinski definition) is 1. The highest BCUT2D eigenvalue weighted by atomic mass is 16.5. The number of hydrogen-bond acceptors (Lipinski definition) is 6. The molecule has 1 aromatic heterocycles. The summed E-state index contributed by atoms with van der Waals surface area (Å²) < 4.78 is 5.42. The summed E-state index contributed by atoms with van der Waals surface area (Å²) in [6, 6.07) is 9.82. The largest absolute Gasteiger partial charge is 0.396 e. The molecular formula is C18H24N4O2. The van der Waals surface area contributed by atoms with Crippen molar-refractivity contribution < 1.29 is 9.63 Å². The maximum absolute atomic E-state index is 9.75. The van der Waals surface area contributed by atoms with Crippen LogP contribution in [0.5, 0.6) is 0 Å². The van der Waals surface area contributed by atoms with E-state index < -0.39 is 0 Å². The van der Waals surface area contributed by atoms with Crippen LogP contribution in [0.25, 0.3) is 11.5 Å². The lowest BCUT2D eigenvalue weighted by atomic mass is 9.96. The van der Waals surface area contributed by atoms with Crippen molar-refractivity contribution in [2.75, 3.05) is 44.2 Å². The molecule has 0 spiro atoms. The van der Waals surface area contributed by atoms with E-state index in [9.17, 15) is 5.11 Å². The molecule has 2 fully saturated rings. The van der Waals surface area contributed by atoms with Crippen LogP contribution in [0.4, 0.5) is 5.95 Å². The fourth-order valence-electron chi connectivity index (χ4n) is 3.85. The first-order chi connectivity index (χ1) is 11.8. The lowest BCUT2D eigenvalue weighted by Crippen LogP contribution is -2.32. The minimum absolute atomic E-state index is 0.221. The Hall–Kier alpha value is -1.92. The molecule has 3 heterocycles. The Morgan fingerprint density at radius 1 is 1.08 bits per heavy atom. The average Bonchev–Trinajstić information content (AvgIpc) is 3.36. The Labute approximate surface area is 142 Å². The Kier molecular flexibility index (Phi) is 4.49. The van der Waals surface area contributed by atoms with Crippen molar-refractivity contribution in [2.45, 2.75) is 12.8 Å². The second kappa shape index (κ2) is 6.91. The van der Waals surface area contributed by atoms with E-state index in [0.717, 1.165) is 25.2 Å². The third kappa shape index (κ3) is 3.16. The minimum atomic E-state index is 0.221. The molecule has 1 N–H and O–H groups in total. The van der Waals surface area contributed by atoms with E-state index in [1.165, 1.54) is 25.9 Å². The summed E-state index contributed by atoms with van der Waals surface area (Å²) in [6.45, 7) is 5.34. The van der Waals surface area contributed by atoms with E-state index >= 15 is 0 Å². The zero-order valence-corrected chi connectivity index (χ0v) is 13.8. The van der Waals surface area contributed by atoms with Gasteiger partial charge in [0, 0.05) is 37.7 Å². The van der Waals surface area contributed by atoms with Crippen LogP contribution in [-0.4, -0.2) is 59.5 Å². The molecular weight excluding hydrogens is 304 g/mol. The summed E-state index contributed by atoms with van der Waals surface area (Å²) in [6.07, 6.45) is 2.59. The lowest BCUT2D eigenvalue weighted by Gasteiger charge is -2.22. The zero-order valence-electron chi connectivity index (χ0n) is 13.8. The molecule has 0 radical (unpaired) electrons. The van der Waals surface area contributed by atoms with Gasteiger partial charge in [0.2, 0.25) is 0 Å². The summed E-state index contributed by atoms with van der Waals surface area (Å²) in [7, 11) is 0. The topological polar surface area (TPSA) is 65.6 Å². The van der Waals surface area contributed by atoms with Crippen LogP contribution in [-0.2, 0) is 0 Å². The van der Waals surface area contributed by atoms with Gasteiger partial charge in [-0.3, -0.25) is 0 Å². The highest BCUT2D eigenvalue weighted by Gasteiger charge is 2.35. The highest BCUT2D eigenvalue weighted by Crippen LogP contribution is 2.29. The molecule has 2 aromatic rings. The third-order valence-electron chi connectivity index (χ3n) is 5.22. The van der Waals surface area contributed by atoms with Crippen LogP contribution in [0.3, 0.4) is 0 Å². The summed E-state index contributed by atoms with van der Waals surface area (Å²) >= 11 is 0. The van der Waals surface area contributed by atoms with Crippen molar-refractivity contribution in [1.82, 2.24) is 15.0 Å². The molecule has 0 aliphatic carbocycles. The summed E-state index contributed by atoms with van der Waals surface area (Å²) in [4.78, 5) is 9.22. The molecule has 6 heteroatoms. The summed E-state index contributed by atoms with van der Waals surface area (Å²) in [5.74, 6) is 1.93. The van der Waals surface area contributed by atoms with Gasteiger partial charge in [-0.1, -0.05) is 18.2 Å². The van der Waals surface area contributed by atoms with E-state index in [-0.39, 0.29) is 12.5 Å². The Morgan fingerprint density at radius 3 is 2.58 bits per heavy atom. The molecule has 0 bridgehead atoms. The maximum Gasteiger partial charge on any atom is 0.266 e. The summed E-state index contributed by atoms with van der Waals surface area (Å²) in [5.41, 5.74) is 0.933. The van der Waals surface area contributed by atoms with Gasteiger partial charge in [-0.2, -0.15) is 4.98 Å². The van der Waals surface area contributed by atoms with E-state index in [1.54, 1.807) is 0 Å². The van der Waals surface area contributed by atoms with Crippen LogP contribution in [0, 0.1) is 11.8 Å². The van der Waals surface area contributed by atoms with E-state index in [0.29, 0.717) is 17.8 Å². The summed E-state index contributed by atoms with van der Waals surface area (Å²) in [5, 5.41) is 13.9. The third-order valence-corrected chi connectivity index (χ3v) is 5.22. The molecule has 2 saturated heterocycles. The normalized spacial score (nSPS) is 24.8. The SMILES string of the molecule is OC[C@H]1CN(c2noc(-c3ccccc3)n2)C[C@H]1CN1CCCC1. The van der Waals surface area contributed by atoms with Crippen LogP contribution >= 0.6 is 0 Å². The monoisotopic (exact) mass is 328 g/mol. The van der Waals surface area contributed by atoms with Crippen LogP contribution in [0.15, 0.2) is 34.9 Å². The average molecular weight is 328 g/mol. The van der Waals surface area contributed by atoms with Crippen molar-refractivity contribution in [3.8, 4) is 11.5 Å². The molecule has 2 aliphatic rings. The smallest absolute Gasteiger partial charge is 0.266 e. The van der Waals surface area contributed by atoms with E-state index in [1.807, 2.05) is 30.3 Å². The lowest BCUT2D eigenvalue weighted by molar-refractivity contribution is 0.176. The first-order valence-electron chi connectivity index (χ1n) is 8.81. The van der Waals surface area contributed by atoms with E-state index in [4.69, 9.17) is 4.52 Å². The maximum atomic E-state index is 9.75. The van der Waals surface area contributed by atoms with Gasteiger partial charge in [-0.05, 0) is 49.1 Å². The molecule has 128 valence electrons. The second-order valence-corrected chi connectivity index (χ2v) is 6.88. The molecule has 2 atom stereocenters. The predicted molar refractivity (Wildman–Crippen MR) is 91.7 cm³/mol. The highest BCUT2D eigenvalue weighted by molar-refractivity contribution is 5.54. The number of aliphatic hydroxyl groups is 1. The first kappa shape index (κ1) is 15.6. The molecule has 24 heavy (non-hydrogen) atoms. The van der Waals surface area contributed by atoms with Crippen molar-refractivity contribution in [3.63, 3.8) is 0 Å². The van der Waals surface area contributed by atoms with Crippen LogP contribution in [0.2, 0.25) is 0 Å². The predicted octanol–water partition coefficient (Wildman–Crippen LogP) is 1.88. The number of benzene rings is 1. The second-order valence-electron chi connectivity index (χ2n) is 6.88. The van der Waals surface area contributed by atoms with Crippen LogP contribution in [0.1, 0.15) is 12.8 Å². The molecule has 6 nitrogen and oxygen atoms in total. The van der Waals surface area contributed by atoms with Crippen molar-refractivity contribution in [3.05, 3.63) is 30.3 Å².